The molecule has 7 heterocycles. The van der Waals surface area contributed by atoms with Crippen LogP contribution in [0.1, 0.15) is 33.2 Å². The van der Waals surface area contributed by atoms with E-state index in [0.29, 0.717) is 0 Å². The molecule has 11 N–H and O–H groups in total. The van der Waals surface area contributed by atoms with E-state index in [1.807, 2.05) is 33.9 Å². The zero-order valence-electron chi connectivity index (χ0n) is 28.9. The van der Waals surface area contributed by atoms with Gasteiger partial charge in [0.1, 0.15) is 24.4 Å². The van der Waals surface area contributed by atoms with E-state index in [4.69, 9.17) is 34.4 Å². The summed E-state index contributed by atoms with van der Waals surface area (Å²) in [7, 11) is -12.4. The first-order chi connectivity index (χ1) is 24.6. The number of rotatable bonds is 4. The maximum atomic E-state index is 13.8. The number of nitrogen functional groups attached to an aromatic ring is 2. The van der Waals surface area contributed by atoms with Crippen molar-refractivity contribution in [3.63, 3.8) is 0 Å². The minimum Gasteiger partial charge on any atom is -0.408 e. The van der Waals surface area contributed by atoms with Crippen molar-refractivity contribution in [3.8, 4) is 0 Å². The van der Waals surface area contributed by atoms with E-state index in [9.17, 15) is 33.6 Å². The molecule has 0 radical (unpaired) electrons. The Hall–Kier alpha value is -3.42. The molecule has 4 aromatic heterocycles. The van der Waals surface area contributed by atoms with Crippen LogP contribution in [-0.4, -0.2) is 112 Å². The van der Waals surface area contributed by atoms with Gasteiger partial charge < -0.3 is 40.3 Å². The van der Waals surface area contributed by atoms with Gasteiger partial charge in [-0.1, -0.05) is 20.8 Å². The second-order valence-electron chi connectivity index (χ2n) is 14.5. The third-order valence-electron chi connectivity index (χ3n) is 9.86. The van der Waals surface area contributed by atoms with Gasteiger partial charge in [0.15, 0.2) is 43.1 Å². The molecule has 4 aromatic rings. The van der Waals surface area contributed by atoms with E-state index in [0.717, 1.165) is 6.33 Å². The first-order valence-electron chi connectivity index (χ1n) is 16.3. The number of nitrogens with two attached hydrogens (primary N) is 2. The maximum Gasteiger partial charge on any atom is 0.403 e. The Morgan fingerprint density at radius 1 is 0.849 bits per heavy atom. The molecular formula is C26H40N12O12P2Si. The molecule has 0 amide bonds. The number of nitrogens with zero attached hydrogens (tertiary/aromatic N) is 6. The van der Waals surface area contributed by atoms with Crippen LogP contribution in [0.3, 0.4) is 0 Å². The first kappa shape index (κ1) is 37.9. The molecule has 24 nitrogen and oxygen atoms in total. The number of aromatic amines is 2. The van der Waals surface area contributed by atoms with Gasteiger partial charge in [0, 0.05) is 0 Å². The summed E-state index contributed by atoms with van der Waals surface area (Å²) < 4.78 is 60.2. The van der Waals surface area contributed by atoms with Gasteiger partial charge in [-0.25, -0.2) is 29.3 Å². The Morgan fingerprint density at radius 3 is 1.81 bits per heavy atom. The fraction of sp³-hybridized carbons (Fsp3) is 0.615. The molecule has 3 fully saturated rings. The van der Waals surface area contributed by atoms with E-state index in [2.05, 4.69) is 40.1 Å². The Kier molecular flexibility index (Phi) is 9.37. The number of hydrogen-bond donors (Lipinski definition) is 9. The fourth-order valence-electron chi connectivity index (χ4n) is 6.23. The predicted octanol–water partition coefficient (Wildman–Crippen LogP) is -0.873. The smallest absolute Gasteiger partial charge is 0.403 e. The SMILES string of the molecule is CC(C)(C)[Si](C)(C)OC1[C@H](n2cnc3c(=O)[nH]c(N)nc32)O[C@@H]2COP(=O)(O)N[C@H]3[C@@H](O)[C@H](n4cnc5c(=O)[nH]c(N)nc54)O[C@@H]3COP(=O)(O)N[C@@H]12. The van der Waals surface area contributed by atoms with E-state index in [-0.39, 0.29) is 39.3 Å². The molecule has 7 rings (SSSR count). The lowest BCUT2D eigenvalue weighted by Crippen LogP contribution is -2.53. The lowest BCUT2D eigenvalue weighted by atomic mass is 10.1. The monoisotopic (exact) mass is 802 g/mol. The minimum absolute atomic E-state index is 0.0259. The molecule has 27 heteroatoms. The summed E-state index contributed by atoms with van der Waals surface area (Å²) in [6.07, 6.45) is -5.53. The summed E-state index contributed by atoms with van der Waals surface area (Å²) in [6, 6.07) is -2.69. The highest BCUT2D eigenvalue weighted by atomic mass is 31.2. The van der Waals surface area contributed by atoms with E-state index in [1.165, 1.54) is 15.5 Å². The quantitative estimate of drug-likeness (QED) is 0.0894. The van der Waals surface area contributed by atoms with Gasteiger partial charge in [0.2, 0.25) is 11.9 Å². The molecule has 0 aromatic carbocycles. The molecule has 3 saturated heterocycles. The highest BCUT2D eigenvalue weighted by Crippen LogP contribution is 2.49. The number of aliphatic hydroxyl groups excluding tert-OH is 1. The third kappa shape index (κ3) is 7.01. The van der Waals surface area contributed by atoms with Crippen molar-refractivity contribution >= 4 is 58.0 Å². The largest absolute Gasteiger partial charge is 0.408 e. The maximum absolute atomic E-state index is 13.8. The van der Waals surface area contributed by atoms with Crippen LogP contribution in [0, 0.1) is 0 Å². The number of imidazole rings is 2. The lowest BCUT2D eigenvalue weighted by molar-refractivity contribution is -0.0477. The van der Waals surface area contributed by atoms with Gasteiger partial charge in [-0.2, -0.15) is 9.97 Å². The van der Waals surface area contributed by atoms with Gasteiger partial charge in [0.25, 0.3) is 11.1 Å². The molecule has 3 aliphatic rings. The third-order valence-corrected chi connectivity index (χ3v) is 16.6. The van der Waals surface area contributed by atoms with Crippen LogP contribution in [0.25, 0.3) is 22.3 Å². The highest BCUT2D eigenvalue weighted by molar-refractivity contribution is 7.50. The molecular weight excluding hydrogens is 762 g/mol. The Labute approximate surface area is 299 Å². The van der Waals surface area contributed by atoms with Crippen molar-refractivity contribution in [3.05, 3.63) is 33.4 Å². The van der Waals surface area contributed by atoms with Crippen molar-refractivity contribution in [2.45, 2.75) is 87.9 Å². The van der Waals surface area contributed by atoms with Gasteiger partial charge in [0.05, 0.1) is 38.0 Å². The molecule has 0 bridgehead atoms. The van der Waals surface area contributed by atoms with Crippen LogP contribution >= 0.6 is 15.5 Å². The van der Waals surface area contributed by atoms with Crippen molar-refractivity contribution in [1.29, 1.82) is 0 Å². The number of hydrogen-bond acceptors (Lipinski definition) is 16. The van der Waals surface area contributed by atoms with Crippen LogP contribution < -0.4 is 32.8 Å². The number of fused-ring (bicyclic) bond motifs is 4. The second kappa shape index (κ2) is 13.1. The van der Waals surface area contributed by atoms with Crippen LogP contribution in [0.15, 0.2) is 22.2 Å². The van der Waals surface area contributed by atoms with Gasteiger partial charge in [-0.15, -0.1) is 0 Å². The zero-order valence-corrected chi connectivity index (χ0v) is 31.7. The van der Waals surface area contributed by atoms with E-state index in [1.54, 1.807) is 0 Å². The van der Waals surface area contributed by atoms with Crippen LogP contribution in [0.4, 0.5) is 11.9 Å². The molecule has 10 atom stereocenters. The predicted molar refractivity (Wildman–Crippen MR) is 186 cm³/mol. The summed E-state index contributed by atoms with van der Waals surface area (Å²) in [5, 5.41) is 16.0. The molecule has 290 valence electrons. The summed E-state index contributed by atoms with van der Waals surface area (Å²) in [5.41, 5.74) is 10.0. The standard InChI is InChI=1S/C26H40N12O12P2Si/c1-26(2,3)53(4,5)50-17-13-11(49-23(17)38-9-30-15-19(38)32-25(28)34-21(15)41)7-47-51(42,43)35-12-10(6-46-52(44,45)36-13)48-22(16(12)39)37-8-29-14-18(37)31-24(27)33-20(14)40/h8-13,16-17,22-23,39H,6-7H2,1-5H3,(H2,35,42,43)(H2,36,44,45)(H3,27,31,33,40)(H3,28,32,34,41)/t10-,11-,12-,13-,16-,17?,22-,23-/m1/s1. The average Bonchev–Trinajstić information content (AvgIpc) is 3.79. The molecule has 3 unspecified atom stereocenters. The molecule has 53 heavy (non-hydrogen) atoms. The highest BCUT2D eigenvalue weighted by Gasteiger charge is 2.55. The number of aliphatic hydroxyl groups is 1. The van der Waals surface area contributed by atoms with Crippen molar-refractivity contribution in [2.75, 3.05) is 24.7 Å². The van der Waals surface area contributed by atoms with Crippen LogP contribution in [-0.2, 0) is 32.1 Å². The Balaban J connectivity index is 1.24. The number of nitrogens with one attached hydrogen (secondary N) is 4. The van der Waals surface area contributed by atoms with Gasteiger partial charge >= 0.3 is 15.5 Å². The van der Waals surface area contributed by atoms with Crippen molar-refractivity contribution < 1.29 is 47.0 Å². The zero-order chi connectivity index (χ0) is 38.4. The average molecular weight is 803 g/mol. The van der Waals surface area contributed by atoms with Crippen molar-refractivity contribution in [1.82, 2.24) is 49.2 Å². The topological polar surface area (TPSA) is 344 Å². The second-order valence-corrected chi connectivity index (χ2v) is 22.3. The number of anilines is 2. The normalized spacial score (nSPS) is 34.5. The Morgan fingerprint density at radius 2 is 1.30 bits per heavy atom. The summed E-state index contributed by atoms with van der Waals surface area (Å²) >= 11 is 0. The Bertz CT molecular complexity index is 2270. The van der Waals surface area contributed by atoms with E-state index < -0.39 is 97.1 Å². The van der Waals surface area contributed by atoms with Crippen LogP contribution in [0.2, 0.25) is 18.1 Å². The number of ether oxygens (including phenoxy) is 2. The van der Waals surface area contributed by atoms with Gasteiger partial charge in [-0.3, -0.25) is 37.7 Å². The van der Waals surface area contributed by atoms with Crippen LogP contribution in [0.5, 0.6) is 0 Å². The van der Waals surface area contributed by atoms with E-state index >= 15 is 0 Å². The summed E-state index contributed by atoms with van der Waals surface area (Å²) in [4.78, 5) is 68.5. The van der Waals surface area contributed by atoms with Crippen molar-refractivity contribution in [2.24, 2.45) is 0 Å². The molecule has 0 aliphatic carbocycles. The summed E-state index contributed by atoms with van der Waals surface area (Å²) in [5.74, 6) is -0.448. The number of H-pyrrole nitrogens is 2. The molecule has 0 spiro atoms. The molecule has 0 saturated carbocycles. The molecule has 3 aliphatic heterocycles. The van der Waals surface area contributed by atoms with Gasteiger partial charge in [-0.05, 0) is 18.1 Å². The summed E-state index contributed by atoms with van der Waals surface area (Å²) in [6.45, 7) is 8.47. The number of aromatic nitrogens is 8. The lowest BCUT2D eigenvalue weighted by Gasteiger charge is -2.41. The fourth-order valence-corrected chi connectivity index (χ4v) is 9.76. The minimum atomic E-state index is -4.84. The first-order valence-corrected chi connectivity index (χ1v) is 22.3.